The van der Waals surface area contributed by atoms with E-state index in [2.05, 4.69) is 0 Å². The van der Waals surface area contributed by atoms with E-state index < -0.39 is 17.8 Å². The van der Waals surface area contributed by atoms with Gasteiger partial charge < -0.3 is 5.11 Å². The predicted molar refractivity (Wildman–Crippen MR) is 55.1 cm³/mol. The predicted octanol–water partition coefficient (Wildman–Crippen LogP) is 0.529. The molecule has 0 aromatic carbocycles. The topological polar surface area (TPSA) is 66.8 Å². The van der Waals surface area contributed by atoms with Crippen LogP contribution in [0.4, 0.5) is 0 Å². The van der Waals surface area contributed by atoms with Crippen molar-refractivity contribution in [2.45, 2.75) is 6.42 Å². The molecule has 0 spiro atoms. The van der Waals surface area contributed by atoms with Crippen LogP contribution in [0.1, 0.15) is 6.42 Å². The number of hydroxylamine groups is 2. The molecule has 4 atom stereocenters. The maximum atomic E-state index is 12.0. The molecule has 2 bridgehead atoms. The van der Waals surface area contributed by atoms with Gasteiger partial charge >= 0.3 is 5.97 Å². The van der Waals surface area contributed by atoms with E-state index in [1.54, 1.807) is 0 Å². The van der Waals surface area contributed by atoms with Gasteiger partial charge in [0.15, 0.2) is 0 Å². The van der Waals surface area contributed by atoms with Crippen LogP contribution in [0.25, 0.3) is 0 Å². The number of allylic oxidation sites excluding steroid dienone is 2. The third-order valence-electron chi connectivity index (χ3n) is 3.61. The Morgan fingerprint density at radius 1 is 1.31 bits per heavy atom. The first kappa shape index (κ1) is 11.1. The molecule has 0 aliphatic heterocycles. The van der Waals surface area contributed by atoms with E-state index >= 15 is 0 Å². The lowest BCUT2D eigenvalue weighted by Crippen LogP contribution is -2.40. The van der Waals surface area contributed by atoms with Crippen LogP contribution in [0, 0.1) is 23.7 Å². The van der Waals surface area contributed by atoms with Crippen molar-refractivity contribution in [3.05, 3.63) is 12.2 Å². The standard InChI is InChI=1S/C11H15NO4/c1-12(16-2)10(13)8-6-3-4-7(5-6)9(8)11(14)15/h3-4,6-9H,5H2,1-2H3,(H,14,15). The van der Waals surface area contributed by atoms with Crippen LogP contribution in [0.2, 0.25) is 0 Å². The van der Waals surface area contributed by atoms with Crippen molar-refractivity contribution in [3.63, 3.8) is 0 Å². The zero-order valence-corrected chi connectivity index (χ0v) is 9.29. The van der Waals surface area contributed by atoms with Gasteiger partial charge in [-0.3, -0.25) is 14.4 Å². The van der Waals surface area contributed by atoms with Crippen molar-refractivity contribution < 1.29 is 19.5 Å². The lowest BCUT2D eigenvalue weighted by Gasteiger charge is -2.26. The van der Waals surface area contributed by atoms with Gasteiger partial charge in [0.05, 0.1) is 18.9 Å². The molecular weight excluding hydrogens is 210 g/mol. The Morgan fingerprint density at radius 3 is 2.38 bits per heavy atom. The van der Waals surface area contributed by atoms with Gasteiger partial charge in [-0.05, 0) is 18.3 Å². The maximum absolute atomic E-state index is 12.0. The fraction of sp³-hybridized carbons (Fsp3) is 0.636. The summed E-state index contributed by atoms with van der Waals surface area (Å²) in [6.07, 6.45) is 4.64. The number of hydrogen-bond donors (Lipinski definition) is 1. The highest BCUT2D eigenvalue weighted by atomic mass is 16.7. The van der Waals surface area contributed by atoms with E-state index in [9.17, 15) is 9.59 Å². The number of nitrogens with zero attached hydrogens (tertiary/aromatic N) is 1. The molecule has 0 radical (unpaired) electrons. The molecule has 0 saturated heterocycles. The van der Waals surface area contributed by atoms with Gasteiger partial charge in [0.25, 0.3) is 0 Å². The zero-order chi connectivity index (χ0) is 11.9. The van der Waals surface area contributed by atoms with E-state index in [4.69, 9.17) is 9.94 Å². The molecule has 1 fully saturated rings. The quantitative estimate of drug-likeness (QED) is 0.562. The second-order valence-corrected chi connectivity index (χ2v) is 4.36. The fourth-order valence-electron chi connectivity index (χ4n) is 2.80. The average Bonchev–Trinajstić information content (AvgIpc) is 2.85. The van der Waals surface area contributed by atoms with Crippen LogP contribution < -0.4 is 0 Å². The molecule has 1 amide bonds. The smallest absolute Gasteiger partial charge is 0.307 e. The number of carbonyl (C=O) groups excluding carboxylic acids is 1. The molecule has 2 aliphatic carbocycles. The number of carbonyl (C=O) groups is 2. The number of fused-ring (bicyclic) bond motifs is 2. The van der Waals surface area contributed by atoms with Crippen LogP contribution in [0.15, 0.2) is 12.2 Å². The van der Waals surface area contributed by atoms with Gasteiger partial charge in [-0.2, -0.15) is 0 Å². The number of aliphatic carboxylic acids is 1. The van der Waals surface area contributed by atoms with Gasteiger partial charge in [0, 0.05) is 7.05 Å². The largest absolute Gasteiger partial charge is 0.481 e. The van der Waals surface area contributed by atoms with E-state index in [1.165, 1.54) is 14.2 Å². The molecule has 16 heavy (non-hydrogen) atoms. The third-order valence-corrected chi connectivity index (χ3v) is 3.61. The molecular formula is C11H15NO4. The van der Waals surface area contributed by atoms with Crippen LogP contribution in [-0.4, -0.2) is 36.2 Å². The van der Waals surface area contributed by atoms with Crippen LogP contribution in [0.5, 0.6) is 0 Å². The first-order valence-electron chi connectivity index (χ1n) is 5.29. The number of carboxylic acid groups (broad SMARTS) is 1. The van der Waals surface area contributed by atoms with Crippen molar-refractivity contribution in [1.82, 2.24) is 5.06 Å². The van der Waals surface area contributed by atoms with Gasteiger partial charge in [0.2, 0.25) is 5.91 Å². The Kier molecular flexibility index (Phi) is 2.71. The summed E-state index contributed by atoms with van der Waals surface area (Å²) >= 11 is 0. The highest BCUT2D eigenvalue weighted by Crippen LogP contribution is 2.48. The normalized spacial score (nSPS) is 35.4. The fourth-order valence-corrected chi connectivity index (χ4v) is 2.80. The highest BCUT2D eigenvalue weighted by molar-refractivity contribution is 5.86. The summed E-state index contributed by atoms with van der Waals surface area (Å²) < 4.78 is 0. The SMILES string of the molecule is CON(C)C(=O)C1C2C=CC(C2)C1C(=O)O. The van der Waals surface area contributed by atoms with Crippen molar-refractivity contribution >= 4 is 11.9 Å². The molecule has 5 heteroatoms. The van der Waals surface area contributed by atoms with Gasteiger partial charge in [-0.15, -0.1) is 0 Å². The lowest BCUT2D eigenvalue weighted by molar-refractivity contribution is -0.178. The lowest BCUT2D eigenvalue weighted by atomic mass is 9.82. The molecule has 2 aliphatic rings. The van der Waals surface area contributed by atoms with Crippen molar-refractivity contribution in [1.29, 1.82) is 0 Å². The van der Waals surface area contributed by atoms with Crippen molar-refractivity contribution in [3.8, 4) is 0 Å². The first-order chi connectivity index (χ1) is 7.56. The molecule has 5 nitrogen and oxygen atoms in total. The number of carboxylic acids is 1. The molecule has 0 heterocycles. The summed E-state index contributed by atoms with van der Waals surface area (Å²) in [5, 5.41) is 10.3. The van der Waals surface area contributed by atoms with Gasteiger partial charge in [-0.1, -0.05) is 12.2 Å². The van der Waals surface area contributed by atoms with E-state index in [0.29, 0.717) is 0 Å². The summed E-state index contributed by atoms with van der Waals surface area (Å²) in [5.74, 6) is -2.15. The van der Waals surface area contributed by atoms with E-state index in [1.807, 2.05) is 12.2 Å². The summed E-state index contributed by atoms with van der Waals surface area (Å²) in [6, 6.07) is 0. The Labute approximate surface area is 93.6 Å². The monoisotopic (exact) mass is 225 g/mol. The van der Waals surface area contributed by atoms with Crippen molar-refractivity contribution in [2.24, 2.45) is 23.7 Å². The van der Waals surface area contributed by atoms with Crippen LogP contribution >= 0.6 is 0 Å². The Morgan fingerprint density at radius 2 is 1.88 bits per heavy atom. The molecule has 1 N–H and O–H groups in total. The summed E-state index contributed by atoms with van der Waals surface area (Å²) in [6.45, 7) is 0. The molecule has 4 unspecified atom stereocenters. The minimum atomic E-state index is -0.889. The first-order valence-corrected chi connectivity index (χ1v) is 5.29. The molecule has 0 aromatic rings. The second kappa shape index (κ2) is 3.90. The molecule has 88 valence electrons. The van der Waals surface area contributed by atoms with Gasteiger partial charge in [-0.25, -0.2) is 5.06 Å². The minimum Gasteiger partial charge on any atom is -0.481 e. The van der Waals surface area contributed by atoms with E-state index in [-0.39, 0.29) is 17.7 Å². The minimum absolute atomic E-state index is 0.00158. The zero-order valence-electron chi connectivity index (χ0n) is 9.29. The van der Waals surface area contributed by atoms with Crippen LogP contribution in [0.3, 0.4) is 0 Å². The van der Waals surface area contributed by atoms with Gasteiger partial charge in [0.1, 0.15) is 0 Å². The number of amides is 1. The Bertz CT molecular complexity index is 352. The average molecular weight is 225 g/mol. The second-order valence-electron chi connectivity index (χ2n) is 4.36. The Hall–Kier alpha value is -1.36. The summed E-state index contributed by atoms with van der Waals surface area (Å²) in [7, 11) is 2.91. The molecule has 1 saturated carbocycles. The summed E-state index contributed by atoms with van der Waals surface area (Å²) in [4.78, 5) is 28.0. The molecule has 0 aromatic heterocycles. The highest BCUT2D eigenvalue weighted by Gasteiger charge is 2.52. The van der Waals surface area contributed by atoms with Crippen LogP contribution in [-0.2, 0) is 14.4 Å². The maximum Gasteiger partial charge on any atom is 0.307 e. The van der Waals surface area contributed by atoms with E-state index in [0.717, 1.165) is 11.5 Å². The Balaban J connectivity index is 2.23. The summed E-state index contributed by atoms with van der Waals surface area (Å²) in [5.41, 5.74) is 0. The molecule has 2 rings (SSSR count). The van der Waals surface area contributed by atoms with Crippen molar-refractivity contribution in [2.75, 3.05) is 14.2 Å². The number of hydrogen-bond acceptors (Lipinski definition) is 3. The third kappa shape index (κ3) is 1.51. The number of rotatable bonds is 3.